The van der Waals surface area contributed by atoms with Gasteiger partial charge in [-0.1, -0.05) is 31.5 Å². The first kappa shape index (κ1) is 21.1. The molecular weight excluding hydrogens is 392 g/mol. The highest BCUT2D eigenvalue weighted by atomic mass is 32.2. The average molecular weight is 419 g/mol. The number of fused-ring (bicyclic) bond motifs is 1. The van der Waals surface area contributed by atoms with Gasteiger partial charge in [-0.3, -0.25) is 4.79 Å². The quantitative estimate of drug-likeness (QED) is 0.721. The number of carbonyl (C=O) groups is 1. The van der Waals surface area contributed by atoms with Crippen molar-refractivity contribution in [2.24, 2.45) is 5.92 Å². The fraction of sp³-hybridized carbons (Fsp3) is 0.381. The highest BCUT2D eigenvalue weighted by Crippen LogP contribution is 2.32. The van der Waals surface area contributed by atoms with Crippen LogP contribution in [0.2, 0.25) is 0 Å². The third kappa shape index (κ3) is 5.48. The van der Waals surface area contributed by atoms with E-state index < -0.39 is 22.0 Å². The molecule has 1 atom stereocenters. The Morgan fingerprint density at radius 3 is 2.34 bits per heavy atom. The van der Waals surface area contributed by atoms with E-state index in [1.54, 1.807) is 30.3 Å². The predicted octanol–water partition coefficient (Wildman–Crippen LogP) is 3.10. The van der Waals surface area contributed by atoms with Crippen LogP contribution >= 0.6 is 0 Å². The minimum absolute atomic E-state index is 0.117. The van der Waals surface area contributed by atoms with Crippen molar-refractivity contribution in [1.82, 2.24) is 4.72 Å². The molecule has 29 heavy (non-hydrogen) atoms. The number of aryl methyl sites for hydroxylation is 1. The maximum absolute atomic E-state index is 12.9. The second-order valence-corrected chi connectivity index (χ2v) is 9.18. The summed E-state index contributed by atoms with van der Waals surface area (Å²) in [5, 5.41) is 2.78. The van der Waals surface area contributed by atoms with Crippen LogP contribution in [0, 0.1) is 12.8 Å². The summed E-state index contributed by atoms with van der Waals surface area (Å²) in [5.74, 6) is 0.862. The number of amides is 1. The Hall–Kier alpha value is -2.58. The van der Waals surface area contributed by atoms with E-state index in [1.165, 1.54) is 12.1 Å². The molecule has 1 amide bonds. The molecule has 0 fully saturated rings. The third-order valence-electron chi connectivity index (χ3n) is 4.46. The van der Waals surface area contributed by atoms with Gasteiger partial charge in [0.15, 0.2) is 11.5 Å². The first-order chi connectivity index (χ1) is 13.7. The predicted molar refractivity (Wildman–Crippen MR) is 111 cm³/mol. The Bertz CT molecular complexity index is 971. The van der Waals surface area contributed by atoms with Gasteiger partial charge >= 0.3 is 0 Å². The van der Waals surface area contributed by atoms with Gasteiger partial charge in [-0.2, -0.15) is 4.72 Å². The van der Waals surface area contributed by atoms with Crippen molar-refractivity contribution >= 4 is 21.6 Å². The molecule has 1 aliphatic rings. The molecule has 0 saturated carbocycles. The fourth-order valence-corrected chi connectivity index (χ4v) is 4.21. The van der Waals surface area contributed by atoms with Crippen LogP contribution in [0.1, 0.15) is 25.8 Å². The standard InChI is InChI=1S/C21H26N2O5S/c1-14(2)12-18(23-29(25,26)17-7-4-15(3)5-8-17)21(24)22-16-6-9-19-20(13-16)28-11-10-27-19/h4-9,13-14,18,23H,10-12H2,1-3H3,(H,22,24). The molecule has 0 spiro atoms. The van der Waals surface area contributed by atoms with Gasteiger partial charge in [-0.15, -0.1) is 0 Å². The van der Waals surface area contributed by atoms with Gasteiger partial charge in [0.25, 0.3) is 0 Å². The van der Waals surface area contributed by atoms with E-state index in [1.807, 2.05) is 20.8 Å². The van der Waals surface area contributed by atoms with Gasteiger partial charge in [-0.05, 0) is 43.5 Å². The highest BCUT2D eigenvalue weighted by Gasteiger charge is 2.27. The van der Waals surface area contributed by atoms with E-state index in [9.17, 15) is 13.2 Å². The van der Waals surface area contributed by atoms with Crippen LogP contribution in [-0.4, -0.2) is 33.6 Å². The summed E-state index contributed by atoms with van der Waals surface area (Å²) in [7, 11) is -3.83. The van der Waals surface area contributed by atoms with Crippen LogP contribution in [0.15, 0.2) is 47.4 Å². The zero-order valence-electron chi connectivity index (χ0n) is 16.8. The van der Waals surface area contributed by atoms with Crippen LogP contribution in [0.3, 0.4) is 0 Å². The van der Waals surface area contributed by atoms with Crippen LogP contribution in [0.4, 0.5) is 5.69 Å². The number of rotatable bonds is 7. The van der Waals surface area contributed by atoms with E-state index in [-0.39, 0.29) is 10.8 Å². The number of ether oxygens (including phenoxy) is 2. The Labute approximate surface area is 171 Å². The van der Waals surface area contributed by atoms with E-state index in [2.05, 4.69) is 10.0 Å². The monoisotopic (exact) mass is 418 g/mol. The zero-order valence-corrected chi connectivity index (χ0v) is 17.6. The maximum Gasteiger partial charge on any atom is 0.242 e. The minimum Gasteiger partial charge on any atom is -0.486 e. The van der Waals surface area contributed by atoms with Crippen LogP contribution < -0.4 is 19.5 Å². The molecule has 1 unspecified atom stereocenters. The molecule has 8 heteroatoms. The minimum atomic E-state index is -3.83. The number of sulfonamides is 1. The molecule has 1 aliphatic heterocycles. The third-order valence-corrected chi connectivity index (χ3v) is 5.95. The highest BCUT2D eigenvalue weighted by molar-refractivity contribution is 7.89. The van der Waals surface area contributed by atoms with Crippen molar-refractivity contribution in [1.29, 1.82) is 0 Å². The Kier molecular flexibility index (Phi) is 6.44. The summed E-state index contributed by atoms with van der Waals surface area (Å²) < 4.78 is 39.1. The van der Waals surface area contributed by atoms with Crippen molar-refractivity contribution < 1.29 is 22.7 Å². The summed E-state index contributed by atoms with van der Waals surface area (Å²) in [6, 6.07) is 10.7. The van der Waals surface area contributed by atoms with Crippen molar-refractivity contribution in [3.8, 4) is 11.5 Å². The second-order valence-electron chi connectivity index (χ2n) is 7.46. The summed E-state index contributed by atoms with van der Waals surface area (Å²) in [5.41, 5.74) is 1.47. The number of nitrogens with one attached hydrogen (secondary N) is 2. The topological polar surface area (TPSA) is 93.7 Å². The molecule has 0 aliphatic carbocycles. The molecule has 0 bridgehead atoms. The second kappa shape index (κ2) is 8.84. The summed E-state index contributed by atoms with van der Waals surface area (Å²) in [6.07, 6.45) is 0.363. The van der Waals surface area contributed by atoms with E-state index in [0.29, 0.717) is 36.8 Å². The van der Waals surface area contributed by atoms with Gasteiger partial charge in [-0.25, -0.2) is 8.42 Å². The number of hydrogen-bond donors (Lipinski definition) is 2. The molecule has 2 aromatic carbocycles. The normalized spacial score (nSPS) is 14.5. The fourth-order valence-electron chi connectivity index (χ4n) is 3.00. The summed E-state index contributed by atoms with van der Waals surface area (Å²) >= 11 is 0. The summed E-state index contributed by atoms with van der Waals surface area (Å²) in [4.78, 5) is 13.0. The van der Waals surface area contributed by atoms with Crippen molar-refractivity contribution in [2.45, 2.75) is 38.1 Å². The SMILES string of the molecule is Cc1ccc(S(=O)(=O)NC(CC(C)C)C(=O)Nc2ccc3c(c2)OCCO3)cc1. The lowest BCUT2D eigenvalue weighted by molar-refractivity contribution is -0.118. The number of benzene rings is 2. The molecule has 0 aromatic heterocycles. The van der Waals surface area contributed by atoms with Crippen LogP contribution in [0.25, 0.3) is 0 Å². The van der Waals surface area contributed by atoms with Crippen molar-refractivity contribution in [2.75, 3.05) is 18.5 Å². The largest absolute Gasteiger partial charge is 0.486 e. The average Bonchev–Trinajstić information content (AvgIpc) is 2.67. The first-order valence-electron chi connectivity index (χ1n) is 9.54. The zero-order chi connectivity index (χ0) is 21.0. The van der Waals surface area contributed by atoms with Gasteiger partial charge in [0.2, 0.25) is 15.9 Å². The van der Waals surface area contributed by atoms with Gasteiger partial charge in [0.1, 0.15) is 19.3 Å². The number of hydrogen-bond acceptors (Lipinski definition) is 5. The Morgan fingerprint density at radius 2 is 1.69 bits per heavy atom. The molecule has 3 rings (SSSR count). The maximum atomic E-state index is 12.9. The Balaban J connectivity index is 1.77. The van der Waals surface area contributed by atoms with E-state index in [4.69, 9.17) is 9.47 Å². The molecule has 2 N–H and O–H groups in total. The van der Waals surface area contributed by atoms with Gasteiger partial charge in [0.05, 0.1) is 4.90 Å². The lowest BCUT2D eigenvalue weighted by Gasteiger charge is -2.22. The molecular formula is C21H26N2O5S. The molecule has 7 nitrogen and oxygen atoms in total. The van der Waals surface area contributed by atoms with Crippen molar-refractivity contribution in [3.05, 3.63) is 48.0 Å². The molecule has 1 heterocycles. The molecule has 0 saturated heterocycles. The van der Waals surface area contributed by atoms with Crippen LogP contribution in [-0.2, 0) is 14.8 Å². The lowest BCUT2D eigenvalue weighted by Crippen LogP contribution is -2.44. The molecule has 0 radical (unpaired) electrons. The smallest absolute Gasteiger partial charge is 0.242 e. The summed E-state index contributed by atoms with van der Waals surface area (Å²) in [6.45, 7) is 6.67. The van der Waals surface area contributed by atoms with E-state index in [0.717, 1.165) is 5.56 Å². The Morgan fingerprint density at radius 1 is 1.03 bits per heavy atom. The van der Waals surface area contributed by atoms with Crippen molar-refractivity contribution in [3.63, 3.8) is 0 Å². The molecule has 2 aromatic rings. The van der Waals surface area contributed by atoms with Crippen LogP contribution in [0.5, 0.6) is 11.5 Å². The number of carbonyl (C=O) groups excluding carboxylic acids is 1. The number of anilines is 1. The van der Waals surface area contributed by atoms with E-state index >= 15 is 0 Å². The lowest BCUT2D eigenvalue weighted by atomic mass is 10.0. The van der Waals surface area contributed by atoms with Gasteiger partial charge < -0.3 is 14.8 Å². The molecule has 156 valence electrons. The van der Waals surface area contributed by atoms with Gasteiger partial charge in [0, 0.05) is 11.8 Å². The first-order valence-corrected chi connectivity index (χ1v) is 11.0.